The van der Waals surface area contributed by atoms with Gasteiger partial charge in [-0.15, -0.1) is 11.8 Å². The van der Waals surface area contributed by atoms with Crippen molar-refractivity contribution in [2.24, 2.45) is 0 Å². The molecule has 0 bridgehead atoms. The molecular formula is C22H24N4O3S. The first kappa shape index (κ1) is 20.4. The molecule has 1 aromatic carbocycles. The molecule has 1 saturated heterocycles. The second-order valence-electron chi connectivity index (χ2n) is 7.50. The zero-order chi connectivity index (χ0) is 21.0. The number of rotatable bonds is 7. The molecule has 2 aromatic rings. The first-order valence-corrected chi connectivity index (χ1v) is 11.2. The molecule has 0 atom stereocenters. The highest BCUT2D eigenvalue weighted by Crippen LogP contribution is 2.50. The van der Waals surface area contributed by atoms with Crippen LogP contribution in [0.1, 0.15) is 24.8 Å². The lowest BCUT2D eigenvalue weighted by atomic mass is 9.95. The van der Waals surface area contributed by atoms with E-state index in [1.54, 1.807) is 34.4 Å². The summed E-state index contributed by atoms with van der Waals surface area (Å²) in [6.45, 7) is 1.10. The van der Waals surface area contributed by atoms with E-state index < -0.39 is 5.41 Å². The summed E-state index contributed by atoms with van der Waals surface area (Å²) in [5.41, 5.74) is 0.537. The second-order valence-corrected chi connectivity index (χ2v) is 8.49. The van der Waals surface area contributed by atoms with E-state index in [0.29, 0.717) is 18.9 Å². The standard InChI is InChI=1S/C22H24N4O3S/c27-19(24-18-9-4-5-12-23-18)15-30-16-20(28)25-13-6-14-26(25)21(29)22(10-11-22)17-7-2-1-3-8-17/h1-5,7-9,12H,6,10-11,13-16H2,(H,23,24,27). The third-order valence-electron chi connectivity index (χ3n) is 5.43. The summed E-state index contributed by atoms with van der Waals surface area (Å²) >= 11 is 1.24. The van der Waals surface area contributed by atoms with Gasteiger partial charge in [-0.2, -0.15) is 0 Å². The molecule has 1 aromatic heterocycles. The quantitative estimate of drug-likeness (QED) is 0.738. The van der Waals surface area contributed by atoms with Crippen LogP contribution in [0.25, 0.3) is 0 Å². The Morgan fingerprint density at radius 3 is 2.40 bits per heavy atom. The van der Waals surface area contributed by atoms with Crippen LogP contribution in [-0.4, -0.2) is 57.3 Å². The molecule has 1 saturated carbocycles. The zero-order valence-corrected chi connectivity index (χ0v) is 17.4. The minimum Gasteiger partial charge on any atom is -0.310 e. The molecular weight excluding hydrogens is 400 g/mol. The summed E-state index contributed by atoms with van der Waals surface area (Å²) in [5, 5.41) is 5.88. The molecule has 7 nitrogen and oxygen atoms in total. The average Bonchev–Trinajstić information content (AvgIpc) is 3.44. The number of hydrogen-bond donors (Lipinski definition) is 1. The van der Waals surface area contributed by atoms with E-state index in [0.717, 1.165) is 24.8 Å². The van der Waals surface area contributed by atoms with E-state index in [2.05, 4.69) is 10.3 Å². The minimum absolute atomic E-state index is 0.0115. The topological polar surface area (TPSA) is 82.6 Å². The number of hydrazine groups is 1. The number of carbonyl (C=O) groups is 3. The normalized spacial score (nSPS) is 16.9. The van der Waals surface area contributed by atoms with Crippen LogP contribution in [0.3, 0.4) is 0 Å². The molecule has 2 fully saturated rings. The van der Waals surface area contributed by atoms with Crippen molar-refractivity contribution in [1.29, 1.82) is 0 Å². The summed E-state index contributed by atoms with van der Waals surface area (Å²) in [7, 11) is 0. The second kappa shape index (κ2) is 8.87. The molecule has 0 spiro atoms. The number of thioether (sulfide) groups is 1. The van der Waals surface area contributed by atoms with Crippen LogP contribution in [0.4, 0.5) is 5.82 Å². The number of benzene rings is 1. The molecule has 2 aliphatic rings. The maximum Gasteiger partial charge on any atom is 0.251 e. The number of amides is 3. The summed E-state index contributed by atoms with van der Waals surface area (Å²) in [6.07, 6.45) is 4.01. The van der Waals surface area contributed by atoms with Gasteiger partial charge in [0.25, 0.3) is 11.8 Å². The maximum absolute atomic E-state index is 13.3. The molecule has 2 heterocycles. The van der Waals surface area contributed by atoms with Crippen LogP contribution in [0.5, 0.6) is 0 Å². The van der Waals surface area contributed by atoms with Crippen LogP contribution in [-0.2, 0) is 19.8 Å². The summed E-state index contributed by atoms with van der Waals surface area (Å²) in [6, 6.07) is 15.1. The Hall–Kier alpha value is -2.87. The summed E-state index contributed by atoms with van der Waals surface area (Å²) in [4.78, 5) is 42.1. The third-order valence-corrected chi connectivity index (χ3v) is 6.35. The molecule has 3 amide bonds. The maximum atomic E-state index is 13.3. The fourth-order valence-corrected chi connectivity index (χ4v) is 4.44. The van der Waals surface area contributed by atoms with Crippen LogP contribution in [0, 0.1) is 0 Å². The fourth-order valence-electron chi connectivity index (χ4n) is 3.76. The van der Waals surface area contributed by atoms with Gasteiger partial charge >= 0.3 is 0 Å². The van der Waals surface area contributed by atoms with E-state index in [1.807, 2.05) is 30.3 Å². The van der Waals surface area contributed by atoms with Gasteiger partial charge in [-0.05, 0) is 37.0 Å². The van der Waals surface area contributed by atoms with Crippen molar-refractivity contribution in [3.05, 3.63) is 60.3 Å². The monoisotopic (exact) mass is 424 g/mol. The van der Waals surface area contributed by atoms with E-state index in [1.165, 1.54) is 11.8 Å². The Labute approximate surface area is 179 Å². The first-order chi connectivity index (χ1) is 14.6. The van der Waals surface area contributed by atoms with Crippen LogP contribution in [0.15, 0.2) is 54.7 Å². The van der Waals surface area contributed by atoms with Gasteiger partial charge in [0.1, 0.15) is 5.82 Å². The van der Waals surface area contributed by atoms with Crippen molar-refractivity contribution in [3.8, 4) is 0 Å². The van der Waals surface area contributed by atoms with Crippen molar-refractivity contribution < 1.29 is 14.4 Å². The van der Waals surface area contributed by atoms with Crippen molar-refractivity contribution >= 4 is 35.3 Å². The van der Waals surface area contributed by atoms with Crippen molar-refractivity contribution in [3.63, 3.8) is 0 Å². The van der Waals surface area contributed by atoms with Crippen molar-refractivity contribution in [2.75, 3.05) is 29.9 Å². The molecule has 1 N–H and O–H groups in total. The fraction of sp³-hybridized carbons (Fsp3) is 0.364. The molecule has 0 unspecified atom stereocenters. The van der Waals surface area contributed by atoms with Gasteiger partial charge in [0.15, 0.2) is 0 Å². The largest absolute Gasteiger partial charge is 0.310 e. The van der Waals surface area contributed by atoms with E-state index in [9.17, 15) is 14.4 Å². The lowest BCUT2D eigenvalue weighted by molar-refractivity contribution is -0.158. The molecule has 1 aliphatic heterocycles. The third kappa shape index (κ3) is 4.33. The van der Waals surface area contributed by atoms with Crippen LogP contribution >= 0.6 is 11.8 Å². The van der Waals surface area contributed by atoms with E-state index in [-0.39, 0.29) is 29.2 Å². The van der Waals surface area contributed by atoms with Gasteiger partial charge in [-0.25, -0.2) is 4.98 Å². The van der Waals surface area contributed by atoms with Crippen molar-refractivity contribution in [1.82, 2.24) is 15.0 Å². The minimum atomic E-state index is -0.486. The molecule has 8 heteroatoms. The highest BCUT2D eigenvalue weighted by atomic mass is 32.2. The number of nitrogens with one attached hydrogen (secondary N) is 1. The summed E-state index contributed by atoms with van der Waals surface area (Å²) in [5.74, 6) is 0.455. The number of hydrogen-bond acceptors (Lipinski definition) is 5. The Kier molecular flexibility index (Phi) is 6.03. The summed E-state index contributed by atoms with van der Waals surface area (Å²) < 4.78 is 0. The lowest BCUT2D eigenvalue weighted by Gasteiger charge is -2.31. The predicted octanol–water partition coefficient (Wildman–Crippen LogP) is 2.46. The van der Waals surface area contributed by atoms with E-state index >= 15 is 0 Å². The number of aromatic nitrogens is 1. The first-order valence-electron chi connectivity index (χ1n) is 10.1. The zero-order valence-electron chi connectivity index (χ0n) is 16.6. The van der Waals surface area contributed by atoms with E-state index in [4.69, 9.17) is 0 Å². The Balaban J connectivity index is 1.31. The molecule has 1 aliphatic carbocycles. The van der Waals surface area contributed by atoms with Crippen molar-refractivity contribution in [2.45, 2.75) is 24.7 Å². The molecule has 4 rings (SSSR count). The lowest BCUT2D eigenvalue weighted by Crippen LogP contribution is -2.49. The number of carbonyl (C=O) groups excluding carboxylic acids is 3. The number of pyridine rings is 1. The Morgan fingerprint density at radius 1 is 0.967 bits per heavy atom. The smallest absolute Gasteiger partial charge is 0.251 e. The number of anilines is 1. The molecule has 30 heavy (non-hydrogen) atoms. The molecule has 0 radical (unpaired) electrons. The Morgan fingerprint density at radius 2 is 1.70 bits per heavy atom. The van der Waals surface area contributed by atoms with Gasteiger partial charge < -0.3 is 5.32 Å². The highest BCUT2D eigenvalue weighted by Gasteiger charge is 2.54. The van der Waals surface area contributed by atoms with Crippen LogP contribution < -0.4 is 5.32 Å². The number of nitrogens with zero attached hydrogens (tertiary/aromatic N) is 3. The average molecular weight is 425 g/mol. The van der Waals surface area contributed by atoms with Gasteiger partial charge in [0.2, 0.25) is 5.91 Å². The van der Waals surface area contributed by atoms with Gasteiger partial charge in [0, 0.05) is 19.3 Å². The highest BCUT2D eigenvalue weighted by molar-refractivity contribution is 8.00. The Bertz CT molecular complexity index is 918. The SMILES string of the molecule is O=C(CSCC(=O)N1CCCN1C(=O)C1(c2ccccc2)CC1)Nc1ccccn1. The van der Waals surface area contributed by atoms with Gasteiger partial charge in [-0.3, -0.25) is 24.4 Å². The van der Waals surface area contributed by atoms with Gasteiger partial charge in [-0.1, -0.05) is 36.4 Å². The molecule has 156 valence electrons. The van der Waals surface area contributed by atoms with Gasteiger partial charge in [0.05, 0.1) is 16.9 Å². The predicted molar refractivity (Wildman–Crippen MR) is 116 cm³/mol. The van der Waals surface area contributed by atoms with Crippen LogP contribution in [0.2, 0.25) is 0 Å².